The molecular formula is C19H25ClN6O. The SMILES string of the molecule is Cl.N[C@H](C(=O)NC12CC3CC(C1)CC(n1ncnn1)(C3)C2)c1ccccc1. The molecule has 2 unspecified atom stereocenters. The summed E-state index contributed by atoms with van der Waals surface area (Å²) in [6.45, 7) is 0. The lowest BCUT2D eigenvalue weighted by Crippen LogP contribution is -2.66. The van der Waals surface area contributed by atoms with Crippen molar-refractivity contribution in [1.82, 2.24) is 25.5 Å². The zero-order valence-electron chi connectivity index (χ0n) is 15.1. The van der Waals surface area contributed by atoms with Gasteiger partial charge >= 0.3 is 0 Å². The van der Waals surface area contributed by atoms with Crippen LogP contribution in [0.25, 0.3) is 0 Å². The lowest BCUT2D eigenvalue weighted by atomic mass is 9.50. The number of aromatic nitrogens is 4. The molecule has 3 N–H and O–H groups in total. The Bertz CT molecular complexity index is 797. The van der Waals surface area contributed by atoms with Gasteiger partial charge in [0, 0.05) is 5.54 Å². The van der Waals surface area contributed by atoms with Crippen LogP contribution in [0.4, 0.5) is 0 Å². The number of tetrazole rings is 1. The molecule has 0 radical (unpaired) electrons. The van der Waals surface area contributed by atoms with Gasteiger partial charge in [0.15, 0.2) is 6.33 Å². The molecule has 3 atom stereocenters. The Labute approximate surface area is 164 Å². The van der Waals surface area contributed by atoms with Crippen LogP contribution in [-0.4, -0.2) is 31.7 Å². The summed E-state index contributed by atoms with van der Waals surface area (Å²) in [7, 11) is 0. The van der Waals surface area contributed by atoms with Crippen molar-refractivity contribution in [3.63, 3.8) is 0 Å². The van der Waals surface area contributed by atoms with Gasteiger partial charge in [0.2, 0.25) is 5.91 Å². The van der Waals surface area contributed by atoms with E-state index in [4.69, 9.17) is 5.73 Å². The summed E-state index contributed by atoms with van der Waals surface area (Å²) in [4.78, 5) is 14.7. The number of hydrogen-bond acceptors (Lipinski definition) is 5. The van der Waals surface area contributed by atoms with E-state index in [1.165, 1.54) is 12.7 Å². The minimum absolute atomic E-state index is 0. The van der Waals surface area contributed by atoms with Gasteiger partial charge < -0.3 is 11.1 Å². The third-order valence-electron chi connectivity index (χ3n) is 6.63. The highest BCUT2D eigenvalue weighted by molar-refractivity contribution is 5.85. The summed E-state index contributed by atoms with van der Waals surface area (Å²) in [5.74, 6) is 1.13. The van der Waals surface area contributed by atoms with Gasteiger partial charge in [-0.3, -0.25) is 4.79 Å². The van der Waals surface area contributed by atoms with Crippen molar-refractivity contribution in [3.8, 4) is 0 Å². The van der Waals surface area contributed by atoms with E-state index in [2.05, 4.69) is 20.7 Å². The Balaban J connectivity index is 0.00000180. The van der Waals surface area contributed by atoms with Gasteiger partial charge in [-0.05, 0) is 61.1 Å². The van der Waals surface area contributed by atoms with E-state index in [9.17, 15) is 4.79 Å². The monoisotopic (exact) mass is 388 g/mol. The third kappa shape index (κ3) is 3.02. The molecule has 0 aliphatic heterocycles. The van der Waals surface area contributed by atoms with Gasteiger partial charge in [0.1, 0.15) is 6.04 Å². The second-order valence-corrected chi connectivity index (χ2v) is 8.57. The number of hydrogen-bond donors (Lipinski definition) is 2. The zero-order chi connectivity index (χ0) is 17.8. The van der Waals surface area contributed by atoms with Crippen molar-refractivity contribution in [2.24, 2.45) is 17.6 Å². The third-order valence-corrected chi connectivity index (χ3v) is 6.63. The molecule has 7 nitrogen and oxygen atoms in total. The fraction of sp³-hybridized carbons (Fsp3) is 0.579. The van der Waals surface area contributed by atoms with Crippen molar-refractivity contribution in [1.29, 1.82) is 0 Å². The summed E-state index contributed by atoms with van der Waals surface area (Å²) in [6.07, 6.45) is 7.87. The number of carbonyl (C=O) groups excluding carboxylic acids is 1. The molecule has 4 fully saturated rings. The zero-order valence-corrected chi connectivity index (χ0v) is 15.9. The van der Waals surface area contributed by atoms with Crippen molar-refractivity contribution in [2.45, 2.75) is 55.6 Å². The first-order valence-corrected chi connectivity index (χ1v) is 9.44. The van der Waals surface area contributed by atoms with E-state index < -0.39 is 6.04 Å². The van der Waals surface area contributed by atoms with Crippen LogP contribution >= 0.6 is 12.4 Å². The molecule has 1 amide bonds. The van der Waals surface area contributed by atoms with Crippen molar-refractivity contribution >= 4 is 18.3 Å². The topological polar surface area (TPSA) is 98.7 Å². The average Bonchev–Trinajstić information content (AvgIpc) is 3.16. The molecule has 8 heteroatoms. The average molecular weight is 389 g/mol. The van der Waals surface area contributed by atoms with Crippen LogP contribution in [0.2, 0.25) is 0 Å². The molecule has 0 saturated heterocycles. The van der Waals surface area contributed by atoms with Crippen LogP contribution in [0, 0.1) is 11.8 Å². The van der Waals surface area contributed by atoms with Gasteiger partial charge in [-0.25, -0.2) is 0 Å². The second-order valence-electron chi connectivity index (χ2n) is 8.57. The Morgan fingerprint density at radius 2 is 1.89 bits per heavy atom. The summed E-state index contributed by atoms with van der Waals surface area (Å²) in [6, 6.07) is 8.94. The van der Waals surface area contributed by atoms with Crippen LogP contribution < -0.4 is 11.1 Å². The van der Waals surface area contributed by atoms with Gasteiger partial charge in [-0.2, -0.15) is 4.80 Å². The van der Waals surface area contributed by atoms with Crippen LogP contribution in [0.15, 0.2) is 36.7 Å². The van der Waals surface area contributed by atoms with Crippen LogP contribution in [0.3, 0.4) is 0 Å². The molecule has 4 aliphatic rings. The molecule has 2 aromatic rings. The Hall–Kier alpha value is -1.99. The molecule has 27 heavy (non-hydrogen) atoms. The number of nitrogens with two attached hydrogens (primary N) is 1. The van der Waals surface area contributed by atoms with E-state index in [0.29, 0.717) is 11.8 Å². The highest BCUT2D eigenvalue weighted by atomic mass is 35.5. The molecule has 4 saturated carbocycles. The normalized spacial score (nSPS) is 34.7. The van der Waals surface area contributed by atoms with Crippen molar-refractivity contribution in [2.75, 3.05) is 0 Å². The number of carbonyl (C=O) groups is 1. The fourth-order valence-electron chi connectivity index (χ4n) is 6.13. The minimum atomic E-state index is -0.635. The number of nitrogens with one attached hydrogen (secondary N) is 1. The highest BCUT2D eigenvalue weighted by Crippen LogP contribution is 2.60. The van der Waals surface area contributed by atoms with Crippen LogP contribution in [0.5, 0.6) is 0 Å². The number of rotatable bonds is 4. The first-order valence-electron chi connectivity index (χ1n) is 9.44. The molecule has 144 valence electrons. The number of halogens is 1. The van der Waals surface area contributed by atoms with Gasteiger partial charge in [0.05, 0.1) is 5.54 Å². The molecule has 4 aliphatic carbocycles. The molecule has 1 aromatic carbocycles. The predicted molar refractivity (Wildman–Crippen MR) is 102 cm³/mol. The first kappa shape index (κ1) is 18.4. The molecule has 1 heterocycles. The van der Waals surface area contributed by atoms with Crippen molar-refractivity contribution in [3.05, 3.63) is 42.2 Å². The summed E-state index contributed by atoms with van der Waals surface area (Å²) >= 11 is 0. The first-order chi connectivity index (χ1) is 12.6. The summed E-state index contributed by atoms with van der Waals surface area (Å²) in [5, 5.41) is 15.9. The second kappa shape index (κ2) is 6.56. The standard InChI is InChI=1S/C19H24N6O.ClH/c20-16(15-4-2-1-3-5-15)17(26)23-18-7-13-6-14(8-18)10-19(9-13,11-18)25-22-12-21-24-25;/h1-5,12-14,16H,6-11,20H2,(H,23,26);1H/t13?,14?,16-,18?,19?;/m0./s1. The van der Waals surface area contributed by atoms with E-state index in [1.54, 1.807) is 0 Å². The maximum atomic E-state index is 12.9. The molecular weight excluding hydrogens is 364 g/mol. The lowest BCUT2D eigenvalue weighted by Gasteiger charge is -2.61. The van der Waals surface area contributed by atoms with Crippen LogP contribution in [-0.2, 0) is 10.3 Å². The number of amides is 1. The van der Waals surface area contributed by atoms with E-state index in [0.717, 1.165) is 37.7 Å². The van der Waals surface area contributed by atoms with Gasteiger partial charge in [0.25, 0.3) is 0 Å². The van der Waals surface area contributed by atoms with Gasteiger partial charge in [-0.15, -0.1) is 22.6 Å². The van der Waals surface area contributed by atoms with E-state index in [-0.39, 0.29) is 29.4 Å². The minimum Gasteiger partial charge on any atom is -0.349 e. The largest absolute Gasteiger partial charge is 0.349 e. The van der Waals surface area contributed by atoms with Gasteiger partial charge in [-0.1, -0.05) is 30.3 Å². The number of benzene rings is 1. The molecule has 6 rings (SSSR count). The molecule has 1 aromatic heterocycles. The number of nitrogens with zero attached hydrogens (tertiary/aromatic N) is 4. The molecule has 4 bridgehead atoms. The Morgan fingerprint density at radius 1 is 1.19 bits per heavy atom. The van der Waals surface area contributed by atoms with E-state index in [1.807, 2.05) is 35.1 Å². The maximum absolute atomic E-state index is 12.9. The Kier molecular flexibility index (Phi) is 4.47. The smallest absolute Gasteiger partial charge is 0.241 e. The highest BCUT2D eigenvalue weighted by Gasteiger charge is 2.60. The maximum Gasteiger partial charge on any atom is 0.241 e. The summed E-state index contributed by atoms with van der Waals surface area (Å²) in [5.41, 5.74) is 6.79. The van der Waals surface area contributed by atoms with E-state index >= 15 is 0 Å². The lowest BCUT2D eigenvalue weighted by molar-refractivity contribution is -0.132. The summed E-state index contributed by atoms with van der Waals surface area (Å²) < 4.78 is 0. The molecule has 0 spiro atoms. The fourth-order valence-corrected chi connectivity index (χ4v) is 6.13. The predicted octanol–water partition coefficient (Wildman–Crippen LogP) is 1.96. The quantitative estimate of drug-likeness (QED) is 0.834. The van der Waals surface area contributed by atoms with Crippen LogP contribution in [0.1, 0.15) is 50.1 Å². The Morgan fingerprint density at radius 3 is 2.52 bits per heavy atom. The van der Waals surface area contributed by atoms with Crippen molar-refractivity contribution < 1.29 is 4.79 Å².